The van der Waals surface area contributed by atoms with Crippen molar-refractivity contribution in [1.29, 1.82) is 0 Å². The number of nitrogens with one attached hydrogen (secondary N) is 3. The van der Waals surface area contributed by atoms with Gasteiger partial charge in [0, 0.05) is 18.0 Å². The third kappa shape index (κ3) is 11.6. The Labute approximate surface area is 197 Å². The van der Waals surface area contributed by atoms with E-state index in [1.54, 1.807) is 11.3 Å². The number of nitrogens with zero attached hydrogens (tertiary/aromatic N) is 2. The van der Waals surface area contributed by atoms with Crippen molar-refractivity contribution in [3.8, 4) is 0 Å². The second-order valence-corrected chi connectivity index (χ2v) is 9.56. The molecule has 0 saturated heterocycles. The van der Waals surface area contributed by atoms with Gasteiger partial charge in [0.15, 0.2) is 5.96 Å². The first kappa shape index (κ1) is 27.9. The first-order valence-electron chi connectivity index (χ1n) is 9.66. The van der Waals surface area contributed by atoms with Crippen LogP contribution in [0.1, 0.15) is 52.5 Å². The molecule has 0 aliphatic rings. The third-order valence-corrected chi connectivity index (χ3v) is 4.75. The van der Waals surface area contributed by atoms with E-state index in [-0.39, 0.29) is 30.0 Å². The molecule has 0 saturated carbocycles. The number of ether oxygens (including phenoxy) is 1. The van der Waals surface area contributed by atoms with Gasteiger partial charge in [0.25, 0.3) is 0 Å². The molecule has 1 amide bonds. The summed E-state index contributed by atoms with van der Waals surface area (Å²) in [5.74, 6) is 0.727. The lowest BCUT2D eigenvalue weighted by molar-refractivity contribution is 0.0476. The number of hydrogen-bond acceptors (Lipinski definition) is 5. The van der Waals surface area contributed by atoms with Gasteiger partial charge in [-0.05, 0) is 67.1 Å². The molecule has 1 rings (SSSR count). The number of guanidine groups is 1. The fourth-order valence-electron chi connectivity index (χ4n) is 2.45. The summed E-state index contributed by atoms with van der Waals surface area (Å²) in [7, 11) is 4.15. The average Bonchev–Trinajstić information content (AvgIpc) is 3.04. The first-order valence-corrected chi connectivity index (χ1v) is 10.5. The fourth-order valence-corrected chi connectivity index (χ4v) is 3.37. The normalized spacial score (nSPS) is 13.5. The van der Waals surface area contributed by atoms with Crippen LogP contribution in [-0.4, -0.2) is 61.8 Å². The molecule has 0 aliphatic heterocycles. The van der Waals surface area contributed by atoms with Crippen molar-refractivity contribution in [3.05, 3.63) is 22.4 Å². The summed E-state index contributed by atoms with van der Waals surface area (Å²) in [5.41, 5.74) is -1.05. The molecule has 7 nitrogen and oxygen atoms in total. The highest BCUT2D eigenvalue weighted by Crippen LogP contribution is 2.22. The van der Waals surface area contributed by atoms with Crippen molar-refractivity contribution in [2.24, 2.45) is 4.99 Å². The monoisotopic (exact) mass is 539 g/mol. The second-order valence-electron chi connectivity index (χ2n) is 8.58. The van der Waals surface area contributed by atoms with Gasteiger partial charge in [-0.2, -0.15) is 0 Å². The Kier molecular flexibility index (Phi) is 12.1. The van der Waals surface area contributed by atoms with E-state index in [0.29, 0.717) is 6.54 Å². The molecule has 0 aromatic carbocycles. The molecule has 0 spiro atoms. The molecule has 1 aromatic heterocycles. The Balaban J connectivity index is 0.00000784. The van der Waals surface area contributed by atoms with Crippen LogP contribution < -0.4 is 16.0 Å². The maximum absolute atomic E-state index is 12.0. The van der Waals surface area contributed by atoms with Crippen molar-refractivity contribution < 1.29 is 9.53 Å². The molecular weight excluding hydrogens is 501 g/mol. The molecule has 29 heavy (non-hydrogen) atoms. The Morgan fingerprint density at radius 2 is 1.90 bits per heavy atom. The van der Waals surface area contributed by atoms with Crippen molar-refractivity contribution in [2.45, 2.75) is 58.7 Å². The summed E-state index contributed by atoms with van der Waals surface area (Å²) in [4.78, 5) is 20.2. The lowest BCUT2D eigenvalue weighted by Gasteiger charge is -2.28. The highest BCUT2D eigenvalue weighted by Gasteiger charge is 2.24. The number of alkyl carbamates (subject to hydrolysis) is 1. The van der Waals surface area contributed by atoms with Gasteiger partial charge in [-0.25, -0.2) is 4.79 Å². The van der Waals surface area contributed by atoms with Crippen LogP contribution in [0.5, 0.6) is 0 Å². The number of likely N-dealkylation sites (N-methyl/N-ethyl adjacent to an activating group) is 1. The minimum absolute atomic E-state index is 0. The minimum atomic E-state index is -0.528. The number of amides is 1. The summed E-state index contributed by atoms with van der Waals surface area (Å²) in [6.07, 6.45) is -0.434. The van der Waals surface area contributed by atoms with Gasteiger partial charge in [-0.3, -0.25) is 4.99 Å². The van der Waals surface area contributed by atoms with Gasteiger partial charge < -0.3 is 25.6 Å². The predicted octanol–water partition coefficient (Wildman–Crippen LogP) is 3.83. The molecule has 1 atom stereocenters. The SMILES string of the molecule is CCNC(=NCC(C)(C)NC(=O)OC(C)(C)C)NCC(c1cccs1)N(C)C.I. The van der Waals surface area contributed by atoms with E-state index in [1.807, 2.05) is 41.5 Å². The van der Waals surface area contributed by atoms with E-state index in [1.165, 1.54) is 4.88 Å². The molecule has 9 heteroatoms. The Bertz CT molecular complexity index is 627. The molecule has 0 fully saturated rings. The van der Waals surface area contributed by atoms with Crippen LogP contribution >= 0.6 is 35.3 Å². The molecular formula is C20H38IN5O2S. The maximum Gasteiger partial charge on any atom is 0.408 e. The summed E-state index contributed by atoms with van der Waals surface area (Å²) >= 11 is 1.75. The van der Waals surface area contributed by atoms with E-state index in [4.69, 9.17) is 4.74 Å². The number of halogens is 1. The van der Waals surface area contributed by atoms with Crippen LogP contribution in [0.15, 0.2) is 22.5 Å². The number of hydrogen-bond donors (Lipinski definition) is 3. The van der Waals surface area contributed by atoms with Crippen LogP contribution in [0.2, 0.25) is 0 Å². The van der Waals surface area contributed by atoms with Gasteiger partial charge in [-0.1, -0.05) is 6.07 Å². The first-order chi connectivity index (χ1) is 12.9. The molecule has 3 N–H and O–H groups in total. The second kappa shape index (κ2) is 12.6. The number of aliphatic imine (C=N–C) groups is 1. The zero-order valence-electron chi connectivity index (χ0n) is 19.0. The Morgan fingerprint density at radius 1 is 1.24 bits per heavy atom. The molecule has 1 unspecified atom stereocenters. The minimum Gasteiger partial charge on any atom is -0.444 e. The van der Waals surface area contributed by atoms with E-state index in [9.17, 15) is 4.79 Å². The van der Waals surface area contributed by atoms with Gasteiger partial charge in [0.1, 0.15) is 5.60 Å². The standard InChI is InChI=1S/C20H37N5O2S.HI/c1-9-21-17(22-13-15(25(7)8)16-11-10-12-28-16)23-14-20(5,6)24-18(26)27-19(2,3)4;/h10-12,15H,9,13-14H2,1-8H3,(H,24,26)(H2,21,22,23);1H. The smallest absolute Gasteiger partial charge is 0.408 e. The summed E-state index contributed by atoms with van der Waals surface area (Å²) in [5, 5.41) is 11.7. The third-order valence-electron chi connectivity index (χ3n) is 3.77. The molecule has 0 aliphatic carbocycles. The van der Waals surface area contributed by atoms with E-state index >= 15 is 0 Å². The molecule has 1 aromatic rings. The molecule has 0 bridgehead atoms. The Morgan fingerprint density at radius 3 is 2.38 bits per heavy atom. The van der Waals surface area contributed by atoms with E-state index < -0.39 is 17.2 Å². The largest absolute Gasteiger partial charge is 0.444 e. The zero-order valence-corrected chi connectivity index (χ0v) is 22.1. The van der Waals surface area contributed by atoms with Crippen molar-refractivity contribution in [1.82, 2.24) is 20.9 Å². The lowest BCUT2D eigenvalue weighted by atomic mass is 10.1. The summed E-state index contributed by atoms with van der Waals surface area (Å²) in [6, 6.07) is 4.48. The molecule has 0 radical (unpaired) electrons. The van der Waals surface area contributed by atoms with Crippen LogP contribution in [0.4, 0.5) is 4.79 Å². The fraction of sp³-hybridized carbons (Fsp3) is 0.700. The van der Waals surface area contributed by atoms with Gasteiger partial charge in [-0.15, -0.1) is 35.3 Å². The topological polar surface area (TPSA) is 78.0 Å². The van der Waals surface area contributed by atoms with Crippen LogP contribution in [-0.2, 0) is 4.74 Å². The number of thiophene rings is 1. The number of carbonyl (C=O) groups is 1. The molecule has 168 valence electrons. The number of rotatable bonds is 8. The van der Waals surface area contributed by atoms with E-state index in [2.05, 4.69) is 57.5 Å². The number of carbonyl (C=O) groups excluding carboxylic acids is 1. The maximum atomic E-state index is 12.0. The van der Waals surface area contributed by atoms with Gasteiger partial charge in [0.05, 0.1) is 18.1 Å². The van der Waals surface area contributed by atoms with Gasteiger partial charge >= 0.3 is 6.09 Å². The van der Waals surface area contributed by atoms with E-state index in [0.717, 1.165) is 19.0 Å². The highest BCUT2D eigenvalue weighted by atomic mass is 127. The average molecular weight is 540 g/mol. The summed E-state index contributed by atoms with van der Waals surface area (Å²) in [6.45, 7) is 13.4. The van der Waals surface area contributed by atoms with Gasteiger partial charge in [0.2, 0.25) is 0 Å². The van der Waals surface area contributed by atoms with Crippen molar-refractivity contribution >= 4 is 47.4 Å². The van der Waals surface area contributed by atoms with Crippen molar-refractivity contribution in [3.63, 3.8) is 0 Å². The lowest BCUT2D eigenvalue weighted by Crippen LogP contribution is -2.49. The van der Waals surface area contributed by atoms with Crippen LogP contribution in [0.25, 0.3) is 0 Å². The quantitative estimate of drug-likeness (QED) is 0.266. The zero-order chi connectivity index (χ0) is 21.4. The Hall–Kier alpha value is -1.07. The molecule has 1 heterocycles. The van der Waals surface area contributed by atoms with Crippen molar-refractivity contribution in [2.75, 3.05) is 33.7 Å². The predicted molar refractivity (Wildman–Crippen MR) is 134 cm³/mol. The highest BCUT2D eigenvalue weighted by molar-refractivity contribution is 14.0. The van der Waals surface area contributed by atoms with Crippen LogP contribution in [0.3, 0.4) is 0 Å². The van der Waals surface area contributed by atoms with Crippen LogP contribution in [0, 0.1) is 0 Å². The summed E-state index contributed by atoms with van der Waals surface area (Å²) < 4.78 is 5.34.